The number of hydrogen-bond donors (Lipinski definition) is 1. The van der Waals surface area contributed by atoms with E-state index in [0.717, 1.165) is 38.5 Å². The van der Waals surface area contributed by atoms with E-state index in [1.165, 1.54) is 4.90 Å². The number of aliphatic carboxylic acids is 1. The lowest BCUT2D eigenvalue weighted by molar-refractivity contribution is -0.143. The molecule has 2 aliphatic rings. The first-order chi connectivity index (χ1) is 12.1. The zero-order chi connectivity index (χ0) is 17.8. The summed E-state index contributed by atoms with van der Waals surface area (Å²) in [6.07, 6.45) is 6.64. The molecule has 3 rings (SSSR count). The van der Waals surface area contributed by atoms with Gasteiger partial charge < -0.3 is 19.5 Å². The number of benzene rings is 1. The Kier molecular flexibility index (Phi) is 5.46. The first-order valence-corrected chi connectivity index (χ1v) is 8.98. The van der Waals surface area contributed by atoms with Crippen molar-refractivity contribution in [3.05, 3.63) is 23.8 Å². The molecule has 0 aromatic heterocycles. The van der Waals surface area contributed by atoms with Crippen LogP contribution in [0.5, 0.6) is 11.5 Å². The zero-order valence-electron chi connectivity index (χ0n) is 14.6. The molecule has 0 radical (unpaired) electrons. The van der Waals surface area contributed by atoms with Gasteiger partial charge in [-0.1, -0.05) is 0 Å². The number of methoxy groups -OCH3 is 1. The van der Waals surface area contributed by atoms with Crippen LogP contribution in [0.1, 0.15) is 55.3 Å². The lowest BCUT2D eigenvalue weighted by Gasteiger charge is -2.33. The Hall–Kier alpha value is -2.24. The molecule has 1 N–H and O–H groups in total. The van der Waals surface area contributed by atoms with Gasteiger partial charge in [-0.2, -0.15) is 0 Å². The van der Waals surface area contributed by atoms with Crippen LogP contribution in [0, 0.1) is 0 Å². The van der Waals surface area contributed by atoms with Crippen LogP contribution in [0.4, 0.5) is 0 Å². The van der Waals surface area contributed by atoms with Crippen molar-refractivity contribution in [1.82, 2.24) is 4.90 Å². The van der Waals surface area contributed by atoms with E-state index in [2.05, 4.69) is 0 Å². The van der Waals surface area contributed by atoms with E-state index >= 15 is 0 Å². The van der Waals surface area contributed by atoms with E-state index in [1.54, 1.807) is 25.3 Å². The maximum absolute atomic E-state index is 12.9. The molecule has 1 saturated heterocycles. The predicted molar refractivity (Wildman–Crippen MR) is 92.2 cm³/mol. The molecular weight excluding hydrogens is 322 g/mol. The second-order valence-electron chi connectivity index (χ2n) is 6.74. The summed E-state index contributed by atoms with van der Waals surface area (Å²) < 4.78 is 11.4. The monoisotopic (exact) mass is 347 g/mol. The van der Waals surface area contributed by atoms with Crippen LogP contribution in [0.2, 0.25) is 0 Å². The van der Waals surface area contributed by atoms with Crippen LogP contribution < -0.4 is 9.47 Å². The molecule has 1 aromatic carbocycles. The number of likely N-dealkylation sites (tertiary alicyclic amines) is 1. The molecule has 25 heavy (non-hydrogen) atoms. The van der Waals surface area contributed by atoms with Gasteiger partial charge in [0, 0.05) is 12.1 Å². The Bertz CT molecular complexity index is 639. The van der Waals surface area contributed by atoms with Crippen molar-refractivity contribution in [2.75, 3.05) is 13.7 Å². The van der Waals surface area contributed by atoms with Crippen molar-refractivity contribution >= 4 is 11.9 Å². The number of amides is 1. The van der Waals surface area contributed by atoms with Crippen LogP contribution in [0.25, 0.3) is 0 Å². The van der Waals surface area contributed by atoms with Gasteiger partial charge in [0.25, 0.3) is 5.91 Å². The quantitative estimate of drug-likeness (QED) is 0.886. The molecule has 6 nitrogen and oxygen atoms in total. The largest absolute Gasteiger partial charge is 0.493 e. The second kappa shape index (κ2) is 7.76. The summed E-state index contributed by atoms with van der Waals surface area (Å²) in [7, 11) is 1.57. The average molecular weight is 347 g/mol. The molecular formula is C19H25NO5. The molecule has 1 aliphatic carbocycles. The SMILES string of the molecule is COc1ccc(C(=O)N2CCCCC2C(=O)O)cc1OC1CCCC1. The van der Waals surface area contributed by atoms with Gasteiger partial charge in [-0.15, -0.1) is 0 Å². The summed E-state index contributed by atoms with van der Waals surface area (Å²) in [5, 5.41) is 9.39. The summed E-state index contributed by atoms with van der Waals surface area (Å²) in [4.78, 5) is 25.8. The van der Waals surface area contributed by atoms with Gasteiger partial charge >= 0.3 is 5.97 Å². The van der Waals surface area contributed by atoms with Crippen molar-refractivity contribution in [1.29, 1.82) is 0 Å². The third kappa shape index (κ3) is 3.89. The summed E-state index contributed by atoms with van der Waals surface area (Å²) >= 11 is 0. The molecule has 1 aliphatic heterocycles. The summed E-state index contributed by atoms with van der Waals surface area (Å²) in [6.45, 7) is 0.473. The van der Waals surface area contributed by atoms with Crippen LogP contribution in [0.15, 0.2) is 18.2 Å². The number of carbonyl (C=O) groups is 2. The molecule has 1 aromatic rings. The number of ether oxygens (including phenoxy) is 2. The number of piperidine rings is 1. The van der Waals surface area contributed by atoms with Gasteiger partial charge in [-0.25, -0.2) is 4.79 Å². The van der Waals surface area contributed by atoms with Crippen molar-refractivity contribution in [3.63, 3.8) is 0 Å². The van der Waals surface area contributed by atoms with Crippen molar-refractivity contribution in [2.24, 2.45) is 0 Å². The molecule has 2 fully saturated rings. The lowest BCUT2D eigenvalue weighted by atomic mass is 10.0. The number of carboxylic acids is 1. The van der Waals surface area contributed by atoms with E-state index < -0.39 is 12.0 Å². The highest BCUT2D eigenvalue weighted by atomic mass is 16.5. The van der Waals surface area contributed by atoms with E-state index in [-0.39, 0.29) is 12.0 Å². The number of carbonyl (C=O) groups excluding carboxylic acids is 1. The summed E-state index contributed by atoms with van der Waals surface area (Å²) in [5.74, 6) is -0.0453. The number of carboxylic acid groups (broad SMARTS) is 1. The van der Waals surface area contributed by atoms with Gasteiger partial charge in [0.15, 0.2) is 11.5 Å². The third-order valence-corrected chi connectivity index (χ3v) is 5.06. The fourth-order valence-corrected chi connectivity index (χ4v) is 3.68. The maximum atomic E-state index is 12.9. The Balaban J connectivity index is 1.82. The summed E-state index contributed by atoms with van der Waals surface area (Å²) in [6, 6.07) is 4.34. The fraction of sp³-hybridized carbons (Fsp3) is 0.579. The van der Waals surface area contributed by atoms with Gasteiger partial charge in [0.05, 0.1) is 13.2 Å². The van der Waals surface area contributed by atoms with Crippen LogP contribution in [0.3, 0.4) is 0 Å². The minimum absolute atomic E-state index is 0.154. The lowest BCUT2D eigenvalue weighted by Crippen LogP contribution is -2.47. The van der Waals surface area contributed by atoms with E-state index in [9.17, 15) is 14.7 Å². The minimum atomic E-state index is -0.941. The Morgan fingerprint density at radius 3 is 2.48 bits per heavy atom. The third-order valence-electron chi connectivity index (χ3n) is 5.06. The van der Waals surface area contributed by atoms with Gasteiger partial charge in [0.2, 0.25) is 0 Å². The first kappa shape index (κ1) is 17.6. The molecule has 1 amide bonds. The molecule has 1 heterocycles. The topological polar surface area (TPSA) is 76.1 Å². The average Bonchev–Trinajstić information content (AvgIpc) is 3.14. The molecule has 1 atom stereocenters. The van der Waals surface area contributed by atoms with Gasteiger partial charge in [0.1, 0.15) is 6.04 Å². The predicted octanol–water partition coefficient (Wildman–Crippen LogP) is 3.10. The van der Waals surface area contributed by atoms with E-state index in [0.29, 0.717) is 30.0 Å². The van der Waals surface area contributed by atoms with Crippen molar-refractivity contribution in [2.45, 2.75) is 57.1 Å². The van der Waals surface area contributed by atoms with E-state index in [1.807, 2.05) is 0 Å². The number of hydrogen-bond acceptors (Lipinski definition) is 4. The van der Waals surface area contributed by atoms with Crippen molar-refractivity contribution in [3.8, 4) is 11.5 Å². The standard InChI is InChI=1S/C19H25NO5/c1-24-16-10-9-13(12-17(16)25-14-6-2-3-7-14)18(21)20-11-5-4-8-15(20)19(22)23/h9-10,12,14-15H,2-8,11H2,1H3,(H,22,23). The van der Waals surface area contributed by atoms with Crippen LogP contribution in [-0.2, 0) is 4.79 Å². The Morgan fingerprint density at radius 1 is 1.08 bits per heavy atom. The molecule has 1 unspecified atom stereocenters. The molecule has 1 saturated carbocycles. The Labute approximate surface area is 147 Å². The van der Waals surface area contributed by atoms with E-state index in [4.69, 9.17) is 9.47 Å². The first-order valence-electron chi connectivity index (χ1n) is 8.98. The van der Waals surface area contributed by atoms with Crippen LogP contribution >= 0.6 is 0 Å². The molecule has 6 heteroatoms. The van der Waals surface area contributed by atoms with Gasteiger partial charge in [-0.3, -0.25) is 4.79 Å². The molecule has 0 spiro atoms. The minimum Gasteiger partial charge on any atom is -0.493 e. The zero-order valence-corrected chi connectivity index (χ0v) is 14.6. The highest BCUT2D eigenvalue weighted by Crippen LogP contribution is 2.33. The Morgan fingerprint density at radius 2 is 1.80 bits per heavy atom. The number of rotatable bonds is 5. The molecule has 0 bridgehead atoms. The highest BCUT2D eigenvalue weighted by molar-refractivity contribution is 5.97. The van der Waals surface area contributed by atoms with Crippen LogP contribution in [-0.4, -0.2) is 47.7 Å². The van der Waals surface area contributed by atoms with Crippen molar-refractivity contribution < 1.29 is 24.2 Å². The van der Waals surface area contributed by atoms with Gasteiger partial charge in [-0.05, 0) is 63.1 Å². The second-order valence-corrected chi connectivity index (χ2v) is 6.74. The maximum Gasteiger partial charge on any atom is 0.326 e. The highest BCUT2D eigenvalue weighted by Gasteiger charge is 2.33. The molecule has 136 valence electrons. The normalized spacial score (nSPS) is 21.2. The fourth-order valence-electron chi connectivity index (χ4n) is 3.68. The smallest absolute Gasteiger partial charge is 0.326 e. The summed E-state index contributed by atoms with van der Waals surface area (Å²) in [5.41, 5.74) is 0.446. The number of nitrogens with zero attached hydrogens (tertiary/aromatic N) is 1.